The van der Waals surface area contributed by atoms with Crippen molar-refractivity contribution < 1.29 is 9.13 Å². The standard InChI is InChI=1S/C70H58N2/c1-4-6-19-47-25-18-32-61-58(47)37-39-72-67(61)62-30-14-15-33-64(62)70(68(72)69(70,3)5-2)65-45-71-38-36-49-23-11-13-29-59(49)66(71)63-44-52(34-35-60(63)65)50-26-16-27-51(40-50)54-41-53(46-20-8-7-9-21-46)42-55(43-54)57-31-17-24-48-22-10-12-28-56(48)57/h7-18,20-44,65,68H,4-6,19,45H2,1-3H3/q+2. The fraction of sp³-hybridized carbons (Fsp3) is 0.171. The third-order valence-corrected chi connectivity index (χ3v) is 17.7. The van der Waals surface area contributed by atoms with Gasteiger partial charge in [0.2, 0.25) is 11.4 Å². The lowest BCUT2D eigenvalue weighted by atomic mass is 9.67. The summed E-state index contributed by atoms with van der Waals surface area (Å²) in [6.45, 7) is 8.27. The van der Waals surface area contributed by atoms with Crippen LogP contribution in [0.25, 0.3) is 99.3 Å². The summed E-state index contributed by atoms with van der Waals surface area (Å²) >= 11 is 0. The van der Waals surface area contributed by atoms with Crippen molar-refractivity contribution >= 4 is 32.3 Å². The van der Waals surface area contributed by atoms with Gasteiger partial charge in [0.05, 0.1) is 33.2 Å². The smallest absolute Gasteiger partial charge is 0.197 e. The predicted molar refractivity (Wildman–Crippen MR) is 299 cm³/mol. The number of pyridine rings is 2. The molecule has 14 rings (SSSR count). The molecule has 0 radical (unpaired) electrons. The van der Waals surface area contributed by atoms with Crippen molar-refractivity contribution in [2.45, 2.75) is 70.4 Å². The minimum atomic E-state index is -0.123. The highest BCUT2D eigenvalue weighted by Gasteiger charge is 2.85. The van der Waals surface area contributed by atoms with Crippen molar-refractivity contribution in [3.8, 4) is 67.0 Å². The van der Waals surface area contributed by atoms with Gasteiger partial charge in [0, 0.05) is 17.5 Å². The van der Waals surface area contributed by atoms with Gasteiger partial charge >= 0.3 is 0 Å². The Balaban J connectivity index is 0.939. The Morgan fingerprint density at radius 3 is 1.92 bits per heavy atom. The average molecular weight is 927 g/mol. The molecule has 1 fully saturated rings. The maximum atomic E-state index is 2.73. The van der Waals surface area contributed by atoms with Crippen molar-refractivity contribution in [3.63, 3.8) is 0 Å². The van der Waals surface area contributed by atoms with E-state index in [0.717, 1.165) is 19.4 Å². The van der Waals surface area contributed by atoms with E-state index in [-0.39, 0.29) is 16.7 Å². The third kappa shape index (κ3) is 6.27. The first-order chi connectivity index (χ1) is 35.5. The molecular weight excluding hydrogens is 869 g/mol. The Labute approximate surface area is 423 Å². The van der Waals surface area contributed by atoms with E-state index in [4.69, 9.17) is 0 Å². The molecule has 1 saturated carbocycles. The van der Waals surface area contributed by atoms with Crippen LogP contribution in [-0.2, 0) is 18.4 Å². The normalized spacial score (nSPS) is 19.3. The van der Waals surface area contributed by atoms with Gasteiger partial charge in [-0.25, -0.2) is 0 Å². The molecule has 0 saturated heterocycles. The molecule has 4 atom stereocenters. The van der Waals surface area contributed by atoms with E-state index in [9.17, 15) is 0 Å². The van der Waals surface area contributed by atoms with Gasteiger partial charge in [-0.2, -0.15) is 9.13 Å². The van der Waals surface area contributed by atoms with E-state index in [1.165, 1.54) is 129 Å². The van der Waals surface area contributed by atoms with Crippen molar-refractivity contribution in [1.82, 2.24) is 0 Å². The van der Waals surface area contributed by atoms with Crippen LogP contribution in [0.5, 0.6) is 0 Å². The van der Waals surface area contributed by atoms with E-state index < -0.39 is 0 Å². The van der Waals surface area contributed by atoms with Crippen LogP contribution in [0.4, 0.5) is 0 Å². The molecular formula is C70H58N2+2. The number of nitrogens with zero attached hydrogens (tertiary/aromatic N) is 2. The van der Waals surface area contributed by atoms with Crippen molar-refractivity contribution in [1.29, 1.82) is 0 Å². The maximum absolute atomic E-state index is 2.73. The summed E-state index contributed by atoms with van der Waals surface area (Å²) in [4.78, 5) is 0. The van der Waals surface area contributed by atoms with Gasteiger partial charge < -0.3 is 0 Å². The van der Waals surface area contributed by atoms with Crippen LogP contribution in [0.15, 0.2) is 225 Å². The SMILES string of the molecule is CCCCc1cccc2c3[n+](ccc12)C1C(C)(CC)C1(C1C[n+]2ccc4ccccc4c2-c2cc(-c4cccc(-c5cc(-c6ccccc6)cc(-c6cccc7ccccc67)c5)c4)ccc21)c1ccccc1-3. The highest BCUT2D eigenvalue weighted by Crippen LogP contribution is 2.80. The van der Waals surface area contributed by atoms with Crippen molar-refractivity contribution in [2.24, 2.45) is 5.41 Å². The monoisotopic (exact) mass is 926 g/mol. The Bertz CT molecular complexity index is 3970. The van der Waals surface area contributed by atoms with Crippen LogP contribution in [0.1, 0.15) is 68.7 Å². The van der Waals surface area contributed by atoms with Gasteiger partial charge in [0.15, 0.2) is 25.0 Å². The summed E-state index contributed by atoms with van der Waals surface area (Å²) in [6, 6.07) is 80.9. The Morgan fingerprint density at radius 2 is 1.08 bits per heavy atom. The maximum Gasteiger partial charge on any atom is 0.220 e. The molecule has 1 aliphatic carbocycles. The van der Waals surface area contributed by atoms with Gasteiger partial charge in [-0.3, -0.25) is 0 Å². The second kappa shape index (κ2) is 16.6. The van der Waals surface area contributed by atoms with E-state index in [0.29, 0.717) is 6.04 Å². The number of unbranched alkanes of at least 4 members (excludes halogenated alkanes) is 1. The zero-order valence-electron chi connectivity index (χ0n) is 41.4. The zero-order valence-corrected chi connectivity index (χ0v) is 41.4. The highest BCUT2D eigenvalue weighted by molar-refractivity contribution is 6.00. The van der Waals surface area contributed by atoms with Crippen LogP contribution in [0.3, 0.4) is 0 Å². The van der Waals surface area contributed by atoms with Gasteiger partial charge in [-0.1, -0.05) is 179 Å². The molecule has 2 nitrogen and oxygen atoms in total. The fourth-order valence-electron chi connectivity index (χ4n) is 14.2. The van der Waals surface area contributed by atoms with Crippen LogP contribution in [0, 0.1) is 5.41 Å². The topological polar surface area (TPSA) is 7.76 Å². The van der Waals surface area contributed by atoms with Crippen LogP contribution in [0.2, 0.25) is 0 Å². The van der Waals surface area contributed by atoms with E-state index in [1.54, 1.807) is 0 Å². The average Bonchev–Trinajstić information content (AvgIpc) is 4.04. The minimum absolute atomic E-state index is 0.0234. The Morgan fingerprint density at radius 1 is 0.458 bits per heavy atom. The highest BCUT2D eigenvalue weighted by atomic mass is 15.2. The fourth-order valence-corrected chi connectivity index (χ4v) is 14.2. The molecule has 11 aromatic rings. The quantitative estimate of drug-likeness (QED) is 0.127. The number of aryl methyl sites for hydroxylation is 1. The van der Waals surface area contributed by atoms with Gasteiger partial charge in [0.25, 0.3) is 0 Å². The van der Waals surface area contributed by atoms with Crippen LogP contribution >= 0.6 is 0 Å². The summed E-state index contributed by atoms with van der Waals surface area (Å²) in [5, 5.41) is 7.90. The molecule has 3 aliphatic rings. The number of rotatable bonds is 9. The summed E-state index contributed by atoms with van der Waals surface area (Å²) in [5.41, 5.74) is 19.6. The van der Waals surface area contributed by atoms with E-state index >= 15 is 0 Å². The number of fused-ring (bicyclic) bond motifs is 14. The number of aromatic nitrogens is 2. The zero-order chi connectivity index (χ0) is 48.1. The minimum Gasteiger partial charge on any atom is -0.197 e. The lowest BCUT2D eigenvalue weighted by molar-refractivity contribution is -0.705. The lowest BCUT2D eigenvalue weighted by Crippen LogP contribution is -2.49. The van der Waals surface area contributed by atoms with E-state index in [1.807, 2.05) is 0 Å². The molecule has 0 amide bonds. The van der Waals surface area contributed by atoms with Crippen LogP contribution < -0.4 is 9.13 Å². The lowest BCUT2D eigenvalue weighted by Gasteiger charge is -2.35. The third-order valence-electron chi connectivity index (χ3n) is 17.7. The molecule has 346 valence electrons. The molecule has 2 heteroatoms. The van der Waals surface area contributed by atoms with Gasteiger partial charge in [0.1, 0.15) is 0 Å². The summed E-state index contributed by atoms with van der Waals surface area (Å²) in [6.07, 6.45) is 9.46. The molecule has 0 N–H and O–H groups in total. The molecule has 2 aromatic heterocycles. The Hall–Kier alpha value is -7.94. The molecule has 72 heavy (non-hydrogen) atoms. The summed E-state index contributed by atoms with van der Waals surface area (Å²) in [7, 11) is 0. The number of hydrogen-bond acceptors (Lipinski definition) is 0. The van der Waals surface area contributed by atoms with E-state index in [2.05, 4.69) is 255 Å². The molecule has 2 aliphatic heterocycles. The van der Waals surface area contributed by atoms with Gasteiger partial charge in [-0.15, -0.1) is 0 Å². The van der Waals surface area contributed by atoms with Crippen molar-refractivity contribution in [3.05, 3.63) is 241 Å². The molecule has 9 aromatic carbocycles. The second-order valence-electron chi connectivity index (χ2n) is 21.2. The predicted octanol–water partition coefficient (Wildman–Crippen LogP) is 17.1. The first-order valence-electron chi connectivity index (χ1n) is 26.4. The van der Waals surface area contributed by atoms with Gasteiger partial charge in [-0.05, 0) is 151 Å². The molecule has 4 heterocycles. The summed E-state index contributed by atoms with van der Waals surface area (Å²) in [5.74, 6) is 0.239. The first kappa shape index (κ1) is 42.9. The van der Waals surface area contributed by atoms with Crippen LogP contribution in [-0.4, -0.2) is 0 Å². The largest absolute Gasteiger partial charge is 0.220 e. The first-order valence-corrected chi connectivity index (χ1v) is 26.4. The molecule has 0 spiro atoms. The summed E-state index contributed by atoms with van der Waals surface area (Å²) < 4.78 is 5.35. The molecule has 4 unspecified atom stereocenters. The second-order valence-corrected chi connectivity index (χ2v) is 21.2. The van der Waals surface area contributed by atoms with Crippen molar-refractivity contribution in [2.75, 3.05) is 0 Å². The molecule has 0 bridgehead atoms. The number of benzene rings is 9. The Kier molecular flexibility index (Phi) is 9.87. The number of hydrogen-bond donors (Lipinski definition) is 0.